The number of aliphatic imine (C=N–C) groups is 1. The molecule has 0 saturated heterocycles. The standard InChI is InChI=1S/C20H24F2N4O2.HI/c1-2-23-20(25-10-9-15-13-16(21)5-8-18(15)22)26-12-11-24-19(28)14-3-6-17(27)7-4-14;/h3-8,13,27H,2,9-12H2,1H3,(H,24,28)(H2,23,25,26);1H. The molecule has 0 radical (unpaired) electrons. The molecule has 0 spiro atoms. The molecule has 2 rings (SSSR count). The summed E-state index contributed by atoms with van der Waals surface area (Å²) in [6, 6.07) is 9.33. The number of carbonyl (C=O) groups is 1. The molecule has 0 aliphatic rings. The van der Waals surface area contributed by atoms with Crippen molar-refractivity contribution in [2.75, 3.05) is 26.2 Å². The molecular weight excluding hydrogens is 493 g/mol. The summed E-state index contributed by atoms with van der Waals surface area (Å²) in [4.78, 5) is 16.3. The van der Waals surface area contributed by atoms with Gasteiger partial charge in [-0.2, -0.15) is 0 Å². The third-order valence-electron chi connectivity index (χ3n) is 3.84. The Bertz CT molecular complexity index is 817. The second-order valence-electron chi connectivity index (χ2n) is 5.98. The number of amides is 1. The van der Waals surface area contributed by atoms with Crippen LogP contribution in [0.25, 0.3) is 0 Å². The van der Waals surface area contributed by atoms with E-state index < -0.39 is 11.6 Å². The van der Waals surface area contributed by atoms with Crippen molar-refractivity contribution in [2.24, 2.45) is 4.99 Å². The zero-order chi connectivity index (χ0) is 20.4. The smallest absolute Gasteiger partial charge is 0.251 e. The number of benzene rings is 2. The highest BCUT2D eigenvalue weighted by molar-refractivity contribution is 14.0. The number of hydrogen-bond acceptors (Lipinski definition) is 3. The Hall–Kier alpha value is -2.43. The zero-order valence-electron chi connectivity index (χ0n) is 16.0. The first-order valence-electron chi connectivity index (χ1n) is 9.03. The first-order valence-corrected chi connectivity index (χ1v) is 9.03. The summed E-state index contributed by atoms with van der Waals surface area (Å²) in [5, 5.41) is 18.1. The summed E-state index contributed by atoms with van der Waals surface area (Å²) in [6.07, 6.45) is 0.276. The first kappa shape index (κ1) is 24.6. The summed E-state index contributed by atoms with van der Waals surface area (Å²) in [7, 11) is 0. The minimum atomic E-state index is -0.477. The van der Waals surface area contributed by atoms with E-state index in [4.69, 9.17) is 0 Å². The van der Waals surface area contributed by atoms with Gasteiger partial charge in [0.2, 0.25) is 0 Å². The molecule has 0 unspecified atom stereocenters. The van der Waals surface area contributed by atoms with E-state index in [1.165, 1.54) is 30.3 Å². The number of rotatable bonds is 8. The van der Waals surface area contributed by atoms with Crippen molar-refractivity contribution in [3.63, 3.8) is 0 Å². The van der Waals surface area contributed by atoms with Crippen molar-refractivity contribution in [1.82, 2.24) is 16.0 Å². The minimum Gasteiger partial charge on any atom is -0.508 e. The van der Waals surface area contributed by atoms with Gasteiger partial charge < -0.3 is 21.1 Å². The Kier molecular flexibility index (Phi) is 11.0. The largest absolute Gasteiger partial charge is 0.508 e. The number of halogens is 3. The average Bonchev–Trinajstić information content (AvgIpc) is 2.68. The van der Waals surface area contributed by atoms with Gasteiger partial charge in [-0.25, -0.2) is 8.78 Å². The molecule has 9 heteroatoms. The first-order chi connectivity index (χ1) is 13.5. The molecule has 0 atom stereocenters. The highest BCUT2D eigenvalue weighted by Gasteiger charge is 2.06. The van der Waals surface area contributed by atoms with Crippen LogP contribution in [0, 0.1) is 11.6 Å². The van der Waals surface area contributed by atoms with Crippen molar-refractivity contribution in [3.05, 3.63) is 65.2 Å². The van der Waals surface area contributed by atoms with E-state index in [2.05, 4.69) is 20.9 Å². The topological polar surface area (TPSA) is 85.8 Å². The van der Waals surface area contributed by atoms with Crippen LogP contribution in [0.15, 0.2) is 47.5 Å². The Morgan fingerprint density at radius 3 is 2.41 bits per heavy atom. The SMILES string of the molecule is CCNC(=NCCc1cc(F)ccc1F)NCCNC(=O)c1ccc(O)cc1.I. The normalized spacial score (nSPS) is 10.8. The van der Waals surface area contributed by atoms with E-state index in [-0.39, 0.29) is 54.2 Å². The number of phenolic OH excluding ortho intramolecular Hbond substituents is 1. The Morgan fingerprint density at radius 1 is 1.03 bits per heavy atom. The van der Waals surface area contributed by atoms with Crippen LogP contribution >= 0.6 is 24.0 Å². The molecule has 6 nitrogen and oxygen atoms in total. The molecule has 29 heavy (non-hydrogen) atoms. The van der Waals surface area contributed by atoms with Gasteiger partial charge in [0.1, 0.15) is 17.4 Å². The lowest BCUT2D eigenvalue weighted by atomic mass is 10.1. The second-order valence-corrected chi connectivity index (χ2v) is 5.98. The summed E-state index contributed by atoms with van der Waals surface area (Å²) in [6.45, 7) is 3.64. The number of nitrogens with zero attached hydrogens (tertiary/aromatic N) is 1. The Balaban J connectivity index is 0.00000420. The quantitative estimate of drug-likeness (QED) is 0.188. The van der Waals surface area contributed by atoms with Crippen LogP contribution in [-0.4, -0.2) is 43.2 Å². The molecule has 0 fully saturated rings. The predicted octanol–water partition coefficient (Wildman–Crippen LogP) is 2.82. The van der Waals surface area contributed by atoms with Crippen LogP contribution in [0.5, 0.6) is 5.75 Å². The number of aromatic hydroxyl groups is 1. The van der Waals surface area contributed by atoms with Crippen molar-refractivity contribution in [1.29, 1.82) is 0 Å². The van der Waals surface area contributed by atoms with Crippen LogP contribution in [0.2, 0.25) is 0 Å². The highest BCUT2D eigenvalue weighted by Crippen LogP contribution is 2.10. The molecule has 0 aliphatic carbocycles. The van der Waals surface area contributed by atoms with Gasteiger partial charge in [-0.3, -0.25) is 9.79 Å². The molecule has 0 saturated carbocycles. The summed E-state index contributed by atoms with van der Waals surface area (Å²) < 4.78 is 26.8. The number of phenols is 1. The molecule has 4 N–H and O–H groups in total. The van der Waals surface area contributed by atoms with Gasteiger partial charge in [0.25, 0.3) is 5.91 Å². The lowest BCUT2D eigenvalue weighted by molar-refractivity contribution is 0.0954. The van der Waals surface area contributed by atoms with Gasteiger partial charge in [-0.05, 0) is 61.4 Å². The fourth-order valence-corrected chi connectivity index (χ4v) is 2.44. The van der Waals surface area contributed by atoms with Gasteiger partial charge in [0, 0.05) is 31.7 Å². The van der Waals surface area contributed by atoms with Crippen molar-refractivity contribution < 1.29 is 18.7 Å². The molecular formula is C20H25F2IN4O2. The van der Waals surface area contributed by atoms with E-state index in [0.29, 0.717) is 31.2 Å². The van der Waals surface area contributed by atoms with Gasteiger partial charge in [0.05, 0.1) is 0 Å². The number of hydrogen-bond donors (Lipinski definition) is 4. The predicted molar refractivity (Wildman–Crippen MR) is 120 cm³/mol. The fourth-order valence-electron chi connectivity index (χ4n) is 2.44. The minimum absolute atomic E-state index is 0. The maximum atomic E-state index is 13.6. The Labute approximate surface area is 185 Å². The third-order valence-corrected chi connectivity index (χ3v) is 3.84. The Morgan fingerprint density at radius 2 is 1.72 bits per heavy atom. The lowest BCUT2D eigenvalue weighted by Crippen LogP contribution is -2.41. The van der Waals surface area contributed by atoms with Crippen LogP contribution in [0.1, 0.15) is 22.8 Å². The van der Waals surface area contributed by atoms with Crippen molar-refractivity contribution in [3.8, 4) is 5.75 Å². The average molecular weight is 518 g/mol. The van der Waals surface area contributed by atoms with Gasteiger partial charge >= 0.3 is 0 Å². The van der Waals surface area contributed by atoms with E-state index in [0.717, 1.165) is 12.1 Å². The summed E-state index contributed by atoms with van der Waals surface area (Å²) in [5.74, 6) is -0.548. The zero-order valence-corrected chi connectivity index (χ0v) is 18.4. The van der Waals surface area contributed by atoms with Crippen molar-refractivity contribution >= 4 is 35.8 Å². The van der Waals surface area contributed by atoms with Gasteiger partial charge in [0.15, 0.2) is 5.96 Å². The monoisotopic (exact) mass is 518 g/mol. The number of nitrogens with one attached hydrogen (secondary N) is 3. The molecule has 0 bridgehead atoms. The fraction of sp³-hybridized carbons (Fsp3) is 0.300. The molecule has 0 heterocycles. The molecule has 2 aromatic carbocycles. The lowest BCUT2D eigenvalue weighted by Gasteiger charge is -2.12. The van der Waals surface area contributed by atoms with E-state index >= 15 is 0 Å². The molecule has 2 aromatic rings. The maximum Gasteiger partial charge on any atom is 0.251 e. The highest BCUT2D eigenvalue weighted by atomic mass is 127. The second kappa shape index (κ2) is 12.9. The van der Waals surface area contributed by atoms with Gasteiger partial charge in [-0.15, -0.1) is 24.0 Å². The van der Waals surface area contributed by atoms with Crippen LogP contribution in [0.3, 0.4) is 0 Å². The van der Waals surface area contributed by atoms with Crippen molar-refractivity contribution in [2.45, 2.75) is 13.3 Å². The third kappa shape index (κ3) is 8.63. The number of carbonyl (C=O) groups excluding carboxylic acids is 1. The van der Waals surface area contributed by atoms with E-state index in [9.17, 15) is 18.7 Å². The van der Waals surface area contributed by atoms with E-state index in [1.54, 1.807) is 0 Å². The van der Waals surface area contributed by atoms with Crippen LogP contribution in [-0.2, 0) is 6.42 Å². The van der Waals surface area contributed by atoms with Crippen LogP contribution < -0.4 is 16.0 Å². The summed E-state index contributed by atoms with van der Waals surface area (Å²) in [5.41, 5.74) is 0.733. The number of guanidine groups is 1. The molecule has 0 aromatic heterocycles. The molecule has 158 valence electrons. The summed E-state index contributed by atoms with van der Waals surface area (Å²) >= 11 is 0. The maximum absolute atomic E-state index is 13.6. The molecule has 0 aliphatic heterocycles. The van der Waals surface area contributed by atoms with E-state index in [1.807, 2.05) is 6.92 Å². The molecule has 1 amide bonds. The van der Waals surface area contributed by atoms with Crippen LogP contribution in [0.4, 0.5) is 8.78 Å². The van der Waals surface area contributed by atoms with Gasteiger partial charge in [-0.1, -0.05) is 0 Å².